The molecular formula is C23H26N4O3S2. The zero-order valence-electron chi connectivity index (χ0n) is 18.1. The van der Waals surface area contributed by atoms with E-state index in [-0.39, 0.29) is 22.6 Å². The zero-order valence-corrected chi connectivity index (χ0v) is 19.7. The lowest BCUT2D eigenvalue weighted by molar-refractivity contribution is -0.120. The number of sulfonamides is 1. The molecule has 3 aromatic rings. The molecule has 4 rings (SSSR count). The molecule has 1 aliphatic rings. The number of carbonyl (C=O) groups is 1. The van der Waals surface area contributed by atoms with Crippen molar-refractivity contribution in [3.8, 4) is 11.3 Å². The average Bonchev–Trinajstić information content (AvgIpc) is 3.24. The van der Waals surface area contributed by atoms with Crippen molar-refractivity contribution in [1.29, 1.82) is 0 Å². The summed E-state index contributed by atoms with van der Waals surface area (Å²) >= 11 is 1.50. The Bertz CT molecular complexity index is 1170. The molecule has 2 aromatic heterocycles. The maximum absolute atomic E-state index is 12.9. The predicted octanol–water partition coefficient (Wildman–Crippen LogP) is 4.37. The molecule has 1 saturated heterocycles. The summed E-state index contributed by atoms with van der Waals surface area (Å²) in [6, 6.07) is 13.1. The molecule has 7 nitrogen and oxygen atoms in total. The fraction of sp³-hybridized carbons (Fsp3) is 0.348. The van der Waals surface area contributed by atoms with Crippen molar-refractivity contribution in [3.63, 3.8) is 0 Å². The van der Waals surface area contributed by atoms with Gasteiger partial charge in [0.25, 0.3) is 0 Å². The number of carbonyl (C=O) groups excluding carboxylic acids is 1. The highest BCUT2D eigenvalue weighted by molar-refractivity contribution is 7.89. The highest BCUT2D eigenvalue weighted by Crippen LogP contribution is 2.36. The second-order valence-corrected chi connectivity index (χ2v) is 11.1. The van der Waals surface area contributed by atoms with Crippen molar-refractivity contribution in [2.24, 2.45) is 5.92 Å². The van der Waals surface area contributed by atoms with E-state index in [1.165, 1.54) is 21.8 Å². The Morgan fingerprint density at radius 3 is 2.47 bits per heavy atom. The van der Waals surface area contributed by atoms with Gasteiger partial charge >= 0.3 is 0 Å². The first-order valence-corrected chi connectivity index (χ1v) is 12.9. The van der Waals surface area contributed by atoms with E-state index in [1.54, 1.807) is 18.3 Å². The van der Waals surface area contributed by atoms with Gasteiger partial charge in [0.15, 0.2) is 5.13 Å². The van der Waals surface area contributed by atoms with Crippen LogP contribution in [0.25, 0.3) is 11.3 Å². The van der Waals surface area contributed by atoms with Gasteiger partial charge in [0, 0.05) is 41.8 Å². The van der Waals surface area contributed by atoms with Gasteiger partial charge in [-0.3, -0.25) is 9.78 Å². The SMILES string of the molecule is CC(C)c1sc(NC(=O)C2CCN(S(=O)(=O)c3cccnc3)CC2)nc1-c1ccccc1. The van der Waals surface area contributed by atoms with Crippen LogP contribution < -0.4 is 5.32 Å². The summed E-state index contributed by atoms with van der Waals surface area (Å²) in [6.45, 7) is 4.84. The smallest absolute Gasteiger partial charge is 0.244 e. The monoisotopic (exact) mass is 470 g/mol. The molecule has 1 fully saturated rings. The summed E-state index contributed by atoms with van der Waals surface area (Å²) in [4.78, 5) is 22.8. The van der Waals surface area contributed by atoms with Crippen LogP contribution in [0.3, 0.4) is 0 Å². The van der Waals surface area contributed by atoms with Crippen LogP contribution in [-0.4, -0.2) is 41.7 Å². The minimum atomic E-state index is -3.58. The number of nitrogens with zero attached hydrogens (tertiary/aromatic N) is 3. The zero-order chi connectivity index (χ0) is 22.7. The van der Waals surface area contributed by atoms with Crippen LogP contribution in [0.4, 0.5) is 5.13 Å². The van der Waals surface area contributed by atoms with Crippen molar-refractivity contribution < 1.29 is 13.2 Å². The molecule has 1 aromatic carbocycles. The van der Waals surface area contributed by atoms with Gasteiger partial charge in [-0.1, -0.05) is 44.2 Å². The van der Waals surface area contributed by atoms with Crippen LogP contribution in [-0.2, 0) is 14.8 Å². The maximum atomic E-state index is 12.9. The van der Waals surface area contributed by atoms with E-state index in [0.717, 1.165) is 16.1 Å². The molecule has 0 aliphatic carbocycles. The molecule has 0 bridgehead atoms. The molecule has 9 heteroatoms. The molecule has 0 unspecified atom stereocenters. The molecule has 0 radical (unpaired) electrons. The standard InChI is InChI=1S/C23H26N4O3S2/c1-16(2)21-20(17-7-4-3-5-8-17)25-23(31-21)26-22(28)18-10-13-27(14-11-18)32(29,30)19-9-6-12-24-15-19/h3-9,12,15-16,18H,10-11,13-14H2,1-2H3,(H,25,26,28). The Morgan fingerprint density at radius 2 is 1.84 bits per heavy atom. The van der Waals surface area contributed by atoms with Gasteiger partial charge in [0.05, 0.1) is 5.69 Å². The number of hydrogen-bond donors (Lipinski definition) is 1. The molecular weight excluding hydrogens is 444 g/mol. The van der Waals surface area contributed by atoms with Crippen molar-refractivity contribution in [1.82, 2.24) is 14.3 Å². The van der Waals surface area contributed by atoms with Gasteiger partial charge in [-0.2, -0.15) is 4.31 Å². The lowest BCUT2D eigenvalue weighted by atomic mass is 9.97. The quantitative estimate of drug-likeness (QED) is 0.578. The van der Waals surface area contributed by atoms with Crippen molar-refractivity contribution in [2.45, 2.75) is 37.5 Å². The lowest BCUT2D eigenvalue weighted by Gasteiger charge is -2.30. The third-order valence-corrected chi connectivity index (χ3v) is 8.71. The Kier molecular flexibility index (Phi) is 6.68. The fourth-order valence-electron chi connectivity index (χ4n) is 3.79. The van der Waals surface area contributed by atoms with E-state index < -0.39 is 10.0 Å². The van der Waals surface area contributed by atoms with Crippen molar-refractivity contribution in [2.75, 3.05) is 18.4 Å². The fourth-order valence-corrected chi connectivity index (χ4v) is 6.22. The van der Waals surface area contributed by atoms with Crippen LogP contribution in [0.1, 0.15) is 37.5 Å². The van der Waals surface area contributed by atoms with E-state index >= 15 is 0 Å². The molecule has 168 valence electrons. The molecule has 0 saturated carbocycles. The Morgan fingerprint density at radius 1 is 1.12 bits per heavy atom. The molecule has 1 amide bonds. The average molecular weight is 471 g/mol. The highest BCUT2D eigenvalue weighted by atomic mass is 32.2. The summed E-state index contributed by atoms with van der Waals surface area (Å²) in [7, 11) is -3.58. The topological polar surface area (TPSA) is 92.3 Å². The van der Waals surface area contributed by atoms with Crippen LogP contribution in [0, 0.1) is 5.92 Å². The third kappa shape index (κ3) is 4.74. The third-order valence-electron chi connectivity index (χ3n) is 5.55. The Labute approximate surface area is 192 Å². The van der Waals surface area contributed by atoms with Gasteiger partial charge in [-0.15, -0.1) is 11.3 Å². The summed E-state index contributed by atoms with van der Waals surface area (Å²) < 4.78 is 27.0. The normalized spacial score (nSPS) is 15.7. The first-order chi connectivity index (χ1) is 15.4. The van der Waals surface area contributed by atoms with Gasteiger partial charge in [-0.25, -0.2) is 13.4 Å². The van der Waals surface area contributed by atoms with E-state index in [0.29, 0.717) is 31.1 Å². The number of anilines is 1. The van der Waals surface area contributed by atoms with Gasteiger partial charge in [-0.05, 0) is 30.9 Å². The number of nitrogens with one attached hydrogen (secondary N) is 1. The lowest BCUT2D eigenvalue weighted by Crippen LogP contribution is -2.41. The number of hydrogen-bond acceptors (Lipinski definition) is 6. The number of rotatable bonds is 6. The van der Waals surface area contributed by atoms with Crippen LogP contribution in [0.2, 0.25) is 0 Å². The van der Waals surface area contributed by atoms with Crippen LogP contribution in [0.5, 0.6) is 0 Å². The van der Waals surface area contributed by atoms with E-state index in [4.69, 9.17) is 4.98 Å². The van der Waals surface area contributed by atoms with Gasteiger partial charge in [0.2, 0.25) is 15.9 Å². The molecule has 0 atom stereocenters. The Hall–Kier alpha value is -2.62. The number of benzene rings is 1. The van der Waals surface area contributed by atoms with Gasteiger partial charge < -0.3 is 5.32 Å². The molecule has 32 heavy (non-hydrogen) atoms. The molecule has 1 N–H and O–H groups in total. The second-order valence-electron chi connectivity index (χ2n) is 8.11. The molecule has 0 spiro atoms. The summed E-state index contributed by atoms with van der Waals surface area (Å²) in [5.41, 5.74) is 1.93. The molecule has 1 aliphatic heterocycles. The number of piperidine rings is 1. The number of aromatic nitrogens is 2. The number of amides is 1. The summed E-state index contributed by atoms with van der Waals surface area (Å²) in [6.07, 6.45) is 3.84. The van der Waals surface area contributed by atoms with Crippen molar-refractivity contribution in [3.05, 3.63) is 59.7 Å². The maximum Gasteiger partial charge on any atom is 0.244 e. The minimum absolute atomic E-state index is 0.105. The first kappa shape index (κ1) is 22.6. The summed E-state index contributed by atoms with van der Waals surface area (Å²) in [5, 5.41) is 3.56. The number of pyridine rings is 1. The van der Waals surface area contributed by atoms with Crippen LogP contribution >= 0.6 is 11.3 Å². The highest BCUT2D eigenvalue weighted by Gasteiger charge is 2.32. The van der Waals surface area contributed by atoms with E-state index in [1.807, 2.05) is 30.3 Å². The van der Waals surface area contributed by atoms with Gasteiger partial charge in [0.1, 0.15) is 4.90 Å². The molecule has 3 heterocycles. The first-order valence-electron chi connectivity index (χ1n) is 10.6. The van der Waals surface area contributed by atoms with E-state index in [9.17, 15) is 13.2 Å². The predicted molar refractivity (Wildman–Crippen MR) is 126 cm³/mol. The van der Waals surface area contributed by atoms with Crippen molar-refractivity contribution >= 4 is 32.4 Å². The number of thiazole rings is 1. The summed E-state index contributed by atoms with van der Waals surface area (Å²) in [5.74, 6) is -0.0664. The van der Waals surface area contributed by atoms with Crippen LogP contribution in [0.15, 0.2) is 59.8 Å². The largest absolute Gasteiger partial charge is 0.302 e. The minimum Gasteiger partial charge on any atom is -0.302 e. The van der Waals surface area contributed by atoms with E-state index in [2.05, 4.69) is 24.1 Å². The Balaban J connectivity index is 1.43. The second kappa shape index (κ2) is 9.48.